The number of aromatic amines is 1. The summed E-state index contributed by atoms with van der Waals surface area (Å²) in [6.45, 7) is 0.629. The highest BCUT2D eigenvalue weighted by Gasteiger charge is 2.15. The average molecular weight is 394 g/mol. The number of nitrogens with one attached hydrogen (secondary N) is 2. The molecule has 30 heavy (non-hydrogen) atoms. The van der Waals surface area contributed by atoms with Crippen molar-refractivity contribution in [3.63, 3.8) is 0 Å². The van der Waals surface area contributed by atoms with Crippen molar-refractivity contribution in [3.05, 3.63) is 90.0 Å². The molecule has 5 aromatic rings. The second-order valence-electron chi connectivity index (χ2n) is 7.01. The van der Waals surface area contributed by atoms with Gasteiger partial charge in [-0.3, -0.25) is 0 Å². The molecular formula is C24H18N4O2. The Balaban J connectivity index is 1.63. The van der Waals surface area contributed by atoms with Crippen molar-refractivity contribution in [2.75, 3.05) is 5.32 Å². The number of aromatic nitrogens is 3. The van der Waals surface area contributed by atoms with Gasteiger partial charge in [0.15, 0.2) is 5.82 Å². The fourth-order valence-electron chi connectivity index (χ4n) is 3.54. The van der Waals surface area contributed by atoms with Crippen molar-refractivity contribution in [2.24, 2.45) is 0 Å². The van der Waals surface area contributed by atoms with Crippen molar-refractivity contribution < 1.29 is 9.90 Å². The van der Waals surface area contributed by atoms with Crippen LogP contribution in [-0.2, 0) is 6.54 Å². The van der Waals surface area contributed by atoms with E-state index in [1.165, 1.54) is 0 Å². The minimum Gasteiger partial charge on any atom is -0.478 e. The van der Waals surface area contributed by atoms with Crippen LogP contribution in [0.15, 0.2) is 78.9 Å². The Hall–Kier alpha value is -4.19. The Kier molecular flexibility index (Phi) is 4.37. The van der Waals surface area contributed by atoms with Gasteiger partial charge in [-0.1, -0.05) is 60.7 Å². The SMILES string of the molecule is O=C(O)c1ccc(-c2nc(NCc3ccccc3)c3c(n2)[nH]c2ccccc23)cc1. The molecule has 6 heteroatoms. The Morgan fingerprint density at radius 2 is 1.63 bits per heavy atom. The Labute approximate surface area is 172 Å². The number of nitrogens with zero attached hydrogens (tertiary/aromatic N) is 2. The Bertz CT molecular complexity index is 1360. The largest absolute Gasteiger partial charge is 0.478 e. The van der Waals surface area contributed by atoms with E-state index in [0.29, 0.717) is 12.4 Å². The summed E-state index contributed by atoms with van der Waals surface area (Å²) in [5.74, 6) is 0.305. The molecule has 0 aliphatic rings. The van der Waals surface area contributed by atoms with Crippen LogP contribution in [0, 0.1) is 0 Å². The predicted octanol–water partition coefficient (Wildman–Crippen LogP) is 5.09. The van der Waals surface area contributed by atoms with E-state index in [1.54, 1.807) is 24.3 Å². The highest BCUT2D eigenvalue weighted by molar-refractivity contribution is 6.11. The molecule has 0 aliphatic carbocycles. The number of fused-ring (bicyclic) bond motifs is 3. The lowest BCUT2D eigenvalue weighted by Crippen LogP contribution is -2.04. The molecule has 0 atom stereocenters. The summed E-state index contributed by atoms with van der Waals surface area (Å²) in [6.07, 6.45) is 0. The van der Waals surface area contributed by atoms with E-state index in [-0.39, 0.29) is 5.56 Å². The number of aromatic carboxylic acids is 1. The highest BCUT2D eigenvalue weighted by Crippen LogP contribution is 2.32. The van der Waals surface area contributed by atoms with Gasteiger partial charge in [0.05, 0.1) is 10.9 Å². The first-order chi connectivity index (χ1) is 14.7. The summed E-state index contributed by atoms with van der Waals surface area (Å²) in [7, 11) is 0. The fourth-order valence-corrected chi connectivity index (χ4v) is 3.54. The van der Waals surface area contributed by atoms with E-state index in [4.69, 9.17) is 15.1 Å². The van der Waals surface area contributed by atoms with Crippen LogP contribution < -0.4 is 5.32 Å². The van der Waals surface area contributed by atoms with E-state index in [2.05, 4.69) is 22.4 Å². The molecule has 0 bridgehead atoms. The first-order valence-electron chi connectivity index (χ1n) is 9.59. The number of para-hydroxylation sites is 1. The number of carboxylic acids is 1. The van der Waals surface area contributed by atoms with Crippen LogP contribution in [0.2, 0.25) is 0 Å². The summed E-state index contributed by atoms with van der Waals surface area (Å²) >= 11 is 0. The topological polar surface area (TPSA) is 90.9 Å². The standard InChI is InChI=1S/C24H18N4O2/c29-24(30)17-12-10-16(11-13-17)21-27-22(25-14-15-6-2-1-3-7-15)20-18-8-4-5-9-19(18)26-23(20)28-21/h1-13H,14H2,(H,29,30)(H2,25,26,27,28). The molecule has 146 valence electrons. The molecule has 0 saturated carbocycles. The monoisotopic (exact) mass is 394 g/mol. The van der Waals surface area contributed by atoms with Gasteiger partial charge in [-0.15, -0.1) is 0 Å². The van der Waals surface area contributed by atoms with Gasteiger partial charge in [-0.2, -0.15) is 0 Å². The summed E-state index contributed by atoms with van der Waals surface area (Å²) < 4.78 is 0. The van der Waals surface area contributed by atoms with Gasteiger partial charge in [0.1, 0.15) is 11.5 Å². The Morgan fingerprint density at radius 1 is 0.900 bits per heavy atom. The number of benzene rings is 3. The van der Waals surface area contributed by atoms with E-state index in [9.17, 15) is 4.79 Å². The van der Waals surface area contributed by atoms with Crippen LogP contribution in [0.1, 0.15) is 15.9 Å². The first kappa shape index (κ1) is 17.9. The van der Waals surface area contributed by atoms with Crippen LogP contribution in [-0.4, -0.2) is 26.0 Å². The zero-order valence-electron chi connectivity index (χ0n) is 16.0. The number of anilines is 1. The maximum absolute atomic E-state index is 11.2. The van der Waals surface area contributed by atoms with Crippen LogP contribution in [0.25, 0.3) is 33.3 Å². The van der Waals surface area contributed by atoms with E-state index >= 15 is 0 Å². The molecule has 0 unspecified atom stereocenters. The molecular weight excluding hydrogens is 376 g/mol. The fraction of sp³-hybridized carbons (Fsp3) is 0.0417. The third kappa shape index (κ3) is 3.24. The van der Waals surface area contributed by atoms with Gasteiger partial charge in [0.2, 0.25) is 0 Å². The first-order valence-corrected chi connectivity index (χ1v) is 9.59. The lowest BCUT2D eigenvalue weighted by molar-refractivity contribution is 0.0697. The van der Waals surface area contributed by atoms with Crippen molar-refractivity contribution in [1.29, 1.82) is 0 Å². The van der Waals surface area contributed by atoms with Gasteiger partial charge < -0.3 is 15.4 Å². The molecule has 3 aromatic carbocycles. The summed E-state index contributed by atoms with van der Waals surface area (Å²) in [4.78, 5) is 24.0. The van der Waals surface area contributed by atoms with Gasteiger partial charge >= 0.3 is 5.97 Å². The minimum atomic E-state index is -0.959. The van der Waals surface area contributed by atoms with Gasteiger partial charge in [0, 0.05) is 23.0 Å². The zero-order valence-corrected chi connectivity index (χ0v) is 16.0. The van der Waals surface area contributed by atoms with E-state index in [1.807, 2.05) is 42.5 Å². The lowest BCUT2D eigenvalue weighted by atomic mass is 10.1. The van der Waals surface area contributed by atoms with Crippen LogP contribution in [0.3, 0.4) is 0 Å². The van der Waals surface area contributed by atoms with Gasteiger partial charge in [-0.05, 0) is 23.8 Å². The van der Waals surface area contributed by atoms with Crippen molar-refractivity contribution in [1.82, 2.24) is 15.0 Å². The summed E-state index contributed by atoms with van der Waals surface area (Å²) in [6, 6.07) is 24.8. The Morgan fingerprint density at radius 3 is 2.40 bits per heavy atom. The number of carboxylic acid groups (broad SMARTS) is 1. The smallest absolute Gasteiger partial charge is 0.335 e. The molecule has 0 saturated heterocycles. The number of H-pyrrole nitrogens is 1. The van der Waals surface area contributed by atoms with Crippen LogP contribution in [0.4, 0.5) is 5.82 Å². The maximum Gasteiger partial charge on any atom is 0.335 e. The number of carbonyl (C=O) groups is 1. The quantitative estimate of drug-likeness (QED) is 0.386. The van der Waals surface area contributed by atoms with Gasteiger partial charge in [0.25, 0.3) is 0 Å². The number of hydrogen-bond acceptors (Lipinski definition) is 4. The maximum atomic E-state index is 11.2. The molecule has 0 aliphatic heterocycles. The number of hydrogen-bond donors (Lipinski definition) is 3. The third-order valence-corrected chi connectivity index (χ3v) is 5.05. The second kappa shape index (κ2) is 7.33. The normalized spacial score (nSPS) is 11.1. The van der Waals surface area contributed by atoms with Crippen molar-refractivity contribution >= 4 is 33.7 Å². The lowest BCUT2D eigenvalue weighted by Gasteiger charge is -2.10. The van der Waals surface area contributed by atoms with Crippen LogP contribution in [0.5, 0.6) is 0 Å². The average Bonchev–Trinajstić information content (AvgIpc) is 3.17. The van der Waals surface area contributed by atoms with Crippen molar-refractivity contribution in [2.45, 2.75) is 6.54 Å². The number of rotatable bonds is 5. The third-order valence-electron chi connectivity index (χ3n) is 5.05. The summed E-state index contributed by atoms with van der Waals surface area (Å²) in [5.41, 5.74) is 3.86. The van der Waals surface area contributed by atoms with Crippen LogP contribution >= 0.6 is 0 Å². The van der Waals surface area contributed by atoms with Crippen molar-refractivity contribution in [3.8, 4) is 11.4 Å². The second-order valence-corrected chi connectivity index (χ2v) is 7.01. The van der Waals surface area contributed by atoms with E-state index in [0.717, 1.165) is 38.9 Å². The van der Waals surface area contributed by atoms with Gasteiger partial charge in [-0.25, -0.2) is 14.8 Å². The molecule has 5 rings (SSSR count). The molecule has 2 heterocycles. The predicted molar refractivity (Wildman–Crippen MR) is 118 cm³/mol. The molecule has 3 N–H and O–H groups in total. The molecule has 0 radical (unpaired) electrons. The minimum absolute atomic E-state index is 0.230. The zero-order chi connectivity index (χ0) is 20.5. The molecule has 0 fully saturated rings. The molecule has 6 nitrogen and oxygen atoms in total. The molecule has 0 amide bonds. The molecule has 0 spiro atoms. The molecule has 2 aromatic heterocycles. The highest BCUT2D eigenvalue weighted by atomic mass is 16.4. The summed E-state index contributed by atoms with van der Waals surface area (Å²) in [5, 5.41) is 14.6. The van der Waals surface area contributed by atoms with E-state index < -0.39 is 5.97 Å².